The third-order valence-electron chi connectivity index (χ3n) is 6.77. The lowest BCUT2D eigenvalue weighted by Crippen LogP contribution is -2.46. The van der Waals surface area contributed by atoms with Gasteiger partial charge in [-0.05, 0) is 78.6 Å². The minimum atomic E-state index is -0.661. The molecule has 176 valence electrons. The molecule has 0 radical (unpaired) electrons. The van der Waals surface area contributed by atoms with E-state index < -0.39 is 12.1 Å². The Bertz CT molecular complexity index is 1250. The quantitative estimate of drug-likeness (QED) is 0.503. The molecule has 2 N–H and O–H groups in total. The summed E-state index contributed by atoms with van der Waals surface area (Å²) in [6.45, 7) is 2.31. The van der Waals surface area contributed by atoms with Gasteiger partial charge >= 0.3 is 6.09 Å². The first kappa shape index (κ1) is 22.7. The summed E-state index contributed by atoms with van der Waals surface area (Å²) in [5, 5.41) is 2.56. The Kier molecular flexibility index (Phi) is 6.16. The van der Waals surface area contributed by atoms with Gasteiger partial charge in [-0.25, -0.2) is 9.78 Å². The number of methoxy groups -OCH3 is 1. The number of hydrogen-bond donors (Lipinski definition) is 2. The van der Waals surface area contributed by atoms with Crippen LogP contribution in [0.4, 0.5) is 4.79 Å². The molecule has 0 saturated carbocycles. The van der Waals surface area contributed by atoms with Gasteiger partial charge in [-0.3, -0.25) is 4.79 Å². The summed E-state index contributed by atoms with van der Waals surface area (Å²) in [6, 6.07) is 12.3. The van der Waals surface area contributed by atoms with Crippen molar-refractivity contribution in [2.45, 2.75) is 44.7 Å². The molecule has 0 spiro atoms. The third-order valence-corrected chi connectivity index (χ3v) is 7.27. The Hall–Kier alpha value is -3.13. The second kappa shape index (κ2) is 9.25. The van der Waals surface area contributed by atoms with Crippen LogP contribution in [0.2, 0.25) is 0 Å². The van der Waals surface area contributed by atoms with Crippen LogP contribution in [-0.4, -0.2) is 46.6 Å². The number of fused-ring (bicyclic) bond motifs is 3. The van der Waals surface area contributed by atoms with E-state index in [-0.39, 0.29) is 11.9 Å². The largest absolute Gasteiger partial charge is 0.453 e. The summed E-state index contributed by atoms with van der Waals surface area (Å²) in [5.41, 5.74) is 7.34. The molecule has 1 aromatic heterocycles. The summed E-state index contributed by atoms with van der Waals surface area (Å²) in [5.74, 6) is 0.643. The van der Waals surface area contributed by atoms with Crippen molar-refractivity contribution in [3.63, 3.8) is 0 Å². The molecule has 1 aliphatic heterocycles. The van der Waals surface area contributed by atoms with Gasteiger partial charge in [-0.15, -0.1) is 0 Å². The van der Waals surface area contributed by atoms with Crippen LogP contribution >= 0.6 is 15.9 Å². The fourth-order valence-electron chi connectivity index (χ4n) is 5.05. The van der Waals surface area contributed by atoms with Crippen molar-refractivity contribution in [1.82, 2.24) is 20.2 Å². The van der Waals surface area contributed by atoms with Crippen molar-refractivity contribution in [2.75, 3.05) is 13.7 Å². The van der Waals surface area contributed by atoms with Crippen LogP contribution in [0.25, 0.3) is 22.4 Å². The van der Waals surface area contributed by atoms with Crippen LogP contribution in [0.5, 0.6) is 0 Å². The van der Waals surface area contributed by atoms with Gasteiger partial charge < -0.3 is 19.9 Å². The molecule has 2 aliphatic rings. The summed E-state index contributed by atoms with van der Waals surface area (Å²) < 4.78 is 5.74. The van der Waals surface area contributed by atoms with Crippen LogP contribution in [-0.2, 0) is 22.4 Å². The normalized spacial score (nSPS) is 17.6. The van der Waals surface area contributed by atoms with Crippen LogP contribution in [0.1, 0.15) is 42.8 Å². The summed E-state index contributed by atoms with van der Waals surface area (Å²) in [7, 11) is 1.29. The molecule has 1 aliphatic carbocycles. The monoisotopic (exact) mass is 522 g/mol. The molecule has 34 heavy (non-hydrogen) atoms. The minimum absolute atomic E-state index is 0.133. The standard InChI is InChI=1S/C26H27BrN4O3/c1-15(29-26(33)34-2)25(32)31-11-3-4-23(31)24-28-14-22(30-24)18-7-9-20-16(12-18)5-6-17-13-19(27)8-10-21(17)20/h7-10,12-15,23H,3-6,11H2,1-2H3,(H,28,30)(H,29,33)/t15-,23-/m0/s1. The minimum Gasteiger partial charge on any atom is -0.453 e. The zero-order valence-corrected chi connectivity index (χ0v) is 20.8. The predicted octanol–water partition coefficient (Wildman–Crippen LogP) is 5.01. The second-order valence-electron chi connectivity index (χ2n) is 8.90. The van der Waals surface area contributed by atoms with E-state index in [0.29, 0.717) is 6.54 Å². The lowest BCUT2D eigenvalue weighted by Gasteiger charge is -2.26. The number of benzene rings is 2. The first-order chi connectivity index (χ1) is 16.4. The zero-order chi connectivity index (χ0) is 23.8. The first-order valence-corrected chi connectivity index (χ1v) is 12.4. The van der Waals surface area contributed by atoms with E-state index in [4.69, 9.17) is 0 Å². The summed E-state index contributed by atoms with van der Waals surface area (Å²) in [6.07, 6.45) is 4.99. The molecule has 2 heterocycles. The van der Waals surface area contributed by atoms with E-state index in [0.717, 1.165) is 47.2 Å². The van der Waals surface area contributed by atoms with Crippen molar-refractivity contribution < 1.29 is 14.3 Å². The molecule has 2 aromatic carbocycles. The van der Waals surface area contributed by atoms with Crippen molar-refractivity contribution in [3.05, 3.63) is 64.0 Å². The Morgan fingerprint density at radius 1 is 1.18 bits per heavy atom. The average molecular weight is 523 g/mol. The van der Waals surface area contributed by atoms with E-state index in [9.17, 15) is 9.59 Å². The van der Waals surface area contributed by atoms with E-state index >= 15 is 0 Å². The fourth-order valence-corrected chi connectivity index (χ4v) is 5.45. The maximum Gasteiger partial charge on any atom is 0.407 e. The van der Waals surface area contributed by atoms with Gasteiger partial charge in [0.1, 0.15) is 11.9 Å². The number of halogens is 1. The molecule has 7 nitrogen and oxygen atoms in total. The molecular formula is C26H27BrN4O3. The van der Waals surface area contributed by atoms with Gasteiger partial charge in [0, 0.05) is 11.0 Å². The number of aryl methyl sites for hydroxylation is 2. The predicted molar refractivity (Wildman–Crippen MR) is 133 cm³/mol. The van der Waals surface area contributed by atoms with Crippen molar-refractivity contribution in [1.29, 1.82) is 0 Å². The van der Waals surface area contributed by atoms with Crippen molar-refractivity contribution in [2.24, 2.45) is 0 Å². The number of imidazole rings is 1. The highest BCUT2D eigenvalue weighted by Crippen LogP contribution is 2.37. The van der Waals surface area contributed by atoms with Gasteiger partial charge in [0.15, 0.2) is 0 Å². The molecule has 5 rings (SSSR count). The van der Waals surface area contributed by atoms with Crippen molar-refractivity contribution in [3.8, 4) is 22.4 Å². The number of nitrogens with zero attached hydrogens (tertiary/aromatic N) is 2. The summed E-state index contributed by atoms with van der Waals surface area (Å²) >= 11 is 3.58. The number of nitrogens with one attached hydrogen (secondary N) is 2. The highest BCUT2D eigenvalue weighted by molar-refractivity contribution is 9.10. The van der Waals surface area contributed by atoms with Crippen molar-refractivity contribution >= 4 is 27.9 Å². The average Bonchev–Trinajstić information content (AvgIpc) is 3.52. The van der Waals surface area contributed by atoms with E-state index in [2.05, 4.69) is 72.3 Å². The number of likely N-dealkylation sites (tertiary alicyclic amines) is 1. The zero-order valence-electron chi connectivity index (χ0n) is 19.2. The number of carbonyl (C=O) groups is 2. The number of H-pyrrole nitrogens is 1. The molecule has 3 aromatic rings. The topological polar surface area (TPSA) is 87.3 Å². The number of amides is 2. The Balaban J connectivity index is 1.36. The highest BCUT2D eigenvalue weighted by atomic mass is 79.9. The number of aromatic nitrogens is 2. The van der Waals surface area contributed by atoms with Crippen LogP contribution in [0, 0.1) is 0 Å². The fraction of sp³-hybridized carbons (Fsp3) is 0.346. The first-order valence-electron chi connectivity index (χ1n) is 11.6. The Labute approximate surface area is 207 Å². The molecule has 2 atom stereocenters. The Morgan fingerprint density at radius 3 is 2.68 bits per heavy atom. The number of rotatable bonds is 4. The molecule has 8 heteroatoms. The Morgan fingerprint density at radius 2 is 1.91 bits per heavy atom. The number of aromatic amines is 1. The smallest absolute Gasteiger partial charge is 0.407 e. The SMILES string of the molecule is COC(=O)N[C@@H](C)C(=O)N1CCC[C@H]1c1ncc(-c2ccc3c(c2)CCc2cc(Br)ccc2-3)[nH]1. The summed E-state index contributed by atoms with van der Waals surface area (Å²) in [4.78, 5) is 34.4. The van der Waals surface area contributed by atoms with Crippen LogP contribution < -0.4 is 5.32 Å². The lowest BCUT2D eigenvalue weighted by molar-refractivity contribution is -0.134. The van der Waals surface area contributed by atoms with Gasteiger partial charge in [0.2, 0.25) is 5.91 Å². The van der Waals surface area contributed by atoms with Gasteiger partial charge in [0.25, 0.3) is 0 Å². The third kappa shape index (κ3) is 4.22. The van der Waals surface area contributed by atoms with E-state index in [1.165, 1.54) is 29.4 Å². The van der Waals surface area contributed by atoms with Gasteiger partial charge in [0.05, 0.1) is 25.0 Å². The number of carbonyl (C=O) groups excluding carboxylic acids is 2. The lowest BCUT2D eigenvalue weighted by atomic mass is 9.84. The number of ether oxygens (including phenoxy) is 1. The van der Waals surface area contributed by atoms with E-state index in [1.54, 1.807) is 11.8 Å². The molecule has 0 bridgehead atoms. The molecular weight excluding hydrogens is 496 g/mol. The van der Waals surface area contributed by atoms with E-state index in [1.807, 2.05) is 6.20 Å². The van der Waals surface area contributed by atoms with Gasteiger partial charge in [-0.1, -0.05) is 34.1 Å². The van der Waals surface area contributed by atoms with Crippen LogP contribution in [0.15, 0.2) is 47.1 Å². The maximum absolute atomic E-state index is 13.0. The molecule has 1 fully saturated rings. The van der Waals surface area contributed by atoms with Crippen LogP contribution in [0.3, 0.4) is 0 Å². The molecule has 1 saturated heterocycles. The molecule has 2 amide bonds. The molecule has 0 unspecified atom stereocenters. The second-order valence-corrected chi connectivity index (χ2v) is 9.82. The number of alkyl carbamates (subject to hydrolysis) is 1. The maximum atomic E-state index is 13.0. The van der Waals surface area contributed by atoms with Gasteiger partial charge in [-0.2, -0.15) is 0 Å². The highest BCUT2D eigenvalue weighted by Gasteiger charge is 2.34. The number of hydrogen-bond acceptors (Lipinski definition) is 4.